The second-order valence-electron chi connectivity index (χ2n) is 7.37. The van der Waals surface area contributed by atoms with E-state index in [-0.39, 0.29) is 5.91 Å². The fourth-order valence-electron chi connectivity index (χ4n) is 3.64. The van der Waals surface area contributed by atoms with Crippen LogP contribution in [0, 0.1) is 18.8 Å². The molecule has 1 saturated carbocycles. The van der Waals surface area contributed by atoms with E-state index in [0.717, 1.165) is 6.42 Å². The molecule has 1 aromatic carbocycles. The molecule has 28 heavy (non-hydrogen) atoms. The Bertz CT molecular complexity index is 870. The predicted molar refractivity (Wildman–Crippen MR) is 114 cm³/mol. The van der Waals surface area contributed by atoms with Crippen LogP contribution in [0.1, 0.15) is 49.2 Å². The first kappa shape index (κ1) is 20.6. The second kappa shape index (κ2) is 8.92. The van der Waals surface area contributed by atoms with Gasteiger partial charge in [-0.3, -0.25) is 15.6 Å². The third-order valence-electron chi connectivity index (χ3n) is 5.53. The zero-order valence-electron chi connectivity index (χ0n) is 16.2. The third kappa shape index (κ3) is 4.47. The van der Waals surface area contributed by atoms with E-state index >= 15 is 0 Å². The Kier molecular flexibility index (Phi) is 6.57. The molecule has 3 atom stereocenters. The molecule has 3 N–H and O–H groups in total. The average molecular weight is 421 g/mol. The largest absolute Gasteiger partial charge is 0.360 e. The number of hydrogen-bond acceptors (Lipinski definition) is 4. The third-order valence-corrected chi connectivity index (χ3v) is 6.08. The summed E-state index contributed by atoms with van der Waals surface area (Å²) in [7, 11) is 0. The number of rotatable bonds is 3. The molecule has 2 aromatic rings. The first-order chi connectivity index (χ1) is 13.4. The van der Waals surface area contributed by atoms with Gasteiger partial charge in [-0.25, -0.2) is 0 Å². The van der Waals surface area contributed by atoms with Crippen molar-refractivity contribution in [3.8, 4) is 11.3 Å². The number of nitrogens with one attached hydrogen (secondary N) is 3. The fourth-order valence-corrected chi connectivity index (χ4v) is 4.07. The number of hydrogen-bond donors (Lipinski definition) is 3. The summed E-state index contributed by atoms with van der Waals surface area (Å²) in [5, 5.41) is 8.22. The van der Waals surface area contributed by atoms with E-state index in [1.807, 2.05) is 12.1 Å². The molecule has 1 amide bonds. The molecule has 150 valence electrons. The highest BCUT2D eigenvalue weighted by atomic mass is 35.5. The normalized spacial score (nSPS) is 21.8. The minimum absolute atomic E-state index is 0.302. The van der Waals surface area contributed by atoms with Gasteiger partial charge in [0, 0.05) is 11.6 Å². The van der Waals surface area contributed by atoms with Crippen molar-refractivity contribution in [3.05, 3.63) is 40.6 Å². The summed E-state index contributed by atoms with van der Waals surface area (Å²) >= 11 is 11.6. The van der Waals surface area contributed by atoms with Gasteiger partial charge >= 0.3 is 0 Å². The van der Waals surface area contributed by atoms with Gasteiger partial charge in [0.25, 0.3) is 5.91 Å². The second-order valence-corrected chi connectivity index (χ2v) is 8.18. The maximum Gasteiger partial charge on any atom is 0.275 e. The summed E-state index contributed by atoms with van der Waals surface area (Å²) in [6.07, 6.45) is 3.50. The van der Waals surface area contributed by atoms with E-state index in [2.05, 4.69) is 35.2 Å². The molecule has 1 aliphatic carbocycles. The lowest BCUT2D eigenvalue weighted by Gasteiger charge is -2.35. The van der Waals surface area contributed by atoms with Crippen LogP contribution < -0.4 is 16.2 Å². The highest BCUT2D eigenvalue weighted by Gasteiger charge is 2.28. The van der Waals surface area contributed by atoms with Crippen LogP contribution in [0.5, 0.6) is 0 Å². The van der Waals surface area contributed by atoms with Crippen LogP contribution in [-0.2, 0) is 0 Å². The number of halogens is 1. The van der Waals surface area contributed by atoms with Crippen molar-refractivity contribution in [2.45, 2.75) is 46.1 Å². The zero-order valence-corrected chi connectivity index (χ0v) is 17.8. The number of benzene rings is 1. The summed E-state index contributed by atoms with van der Waals surface area (Å²) in [4.78, 5) is 12.7. The van der Waals surface area contributed by atoms with Gasteiger partial charge in [-0.2, -0.15) is 0 Å². The van der Waals surface area contributed by atoms with Crippen LogP contribution in [-0.4, -0.2) is 22.2 Å². The number of carbonyl (C=O) groups is 1. The number of nitrogens with zero attached hydrogens (tertiary/aromatic N) is 1. The number of amides is 1. The number of carbonyl (C=O) groups excluding carboxylic acids is 1. The van der Waals surface area contributed by atoms with Crippen molar-refractivity contribution in [1.82, 2.24) is 21.3 Å². The summed E-state index contributed by atoms with van der Waals surface area (Å²) in [6.45, 7) is 6.19. The molecule has 1 aliphatic rings. The van der Waals surface area contributed by atoms with Gasteiger partial charge < -0.3 is 9.84 Å². The van der Waals surface area contributed by atoms with Gasteiger partial charge in [0.1, 0.15) is 17.0 Å². The minimum Gasteiger partial charge on any atom is -0.360 e. The molecule has 0 unspecified atom stereocenters. The lowest BCUT2D eigenvalue weighted by molar-refractivity contribution is 0.0942. The Hall–Kier alpha value is -2.12. The molecule has 0 radical (unpaired) electrons. The Morgan fingerprint density at radius 1 is 1.25 bits per heavy atom. The quantitative estimate of drug-likeness (QED) is 0.509. The number of thiocarbonyl (C=S) groups is 1. The van der Waals surface area contributed by atoms with Gasteiger partial charge in [0.15, 0.2) is 5.11 Å². The molecule has 1 fully saturated rings. The number of aryl methyl sites for hydroxylation is 1. The molecule has 0 bridgehead atoms. The molecular weight excluding hydrogens is 396 g/mol. The van der Waals surface area contributed by atoms with Crippen LogP contribution in [0.25, 0.3) is 11.3 Å². The molecular formula is C20H25ClN4O2S. The van der Waals surface area contributed by atoms with Crippen LogP contribution in [0.3, 0.4) is 0 Å². The maximum atomic E-state index is 12.7. The van der Waals surface area contributed by atoms with Gasteiger partial charge in [-0.15, -0.1) is 0 Å². The summed E-state index contributed by atoms with van der Waals surface area (Å²) in [5.74, 6) is 1.20. The first-order valence-corrected chi connectivity index (χ1v) is 10.2. The molecule has 0 spiro atoms. The summed E-state index contributed by atoms with van der Waals surface area (Å²) < 4.78 is 5.23. The van der Waals surface area contributed by atoms with E-state index in [1.165, 1.54) is 12.8 Å². The lowest BCUT2D eigenvalue weighted by atomic mass is 9.78. The average Bonchev–Trinajstić information content (AvgIpc) is 3.05. The highest BCUT2D eigenvalue weighted by molar-refractivity contribution is 7.80. The van der Waals surface area contributed by atoms with Crippen molar-refractivity contribution in [2.24, 2.45) is 11.8 Å². The van der Waals surface area contributed by atoms with Crippen LogP contribution in [0.2, 0.25) is 5.02 Å². The summed E-state index contributed by atoms with van der Waals surface area (Å²) in [6, 6.07) is 7.48. The van der Waals surface area contributed by atoms with Crippen molar-refractivity contribution < 1.29 is 9.32 Å². The Morgan fingerprint density at radius 3 is 2.75 bits per heavy atom. The zero-order chi connectivity index (χ0) is 20.3. The van der Waals surface area contributed by atoms with Crippen molar-refractivity contribution in [3.63, 3.8) is 0 Å². The maximum absolute atomic E-state index is 12.7. The molecule has 0 aliphatic heterocycles. The monoisotopic (exact) mass is 420 g/mol. The molecule has 0 saturated heterocycles. The van der Waals surface area contributed by atoms with Gasteiger partial charge in [-0.1, -0.05) is 61.6 Å². The molecule has 6 nitrogen and oxygen atoms in total. The van der Waals surface area contributed by atoms with Crippen molar-refractivity contribution >= 4 is 34.8 Å². The van der Waals surface area contributed by atoms with Crippen LogP contribution >= 0.6 is 23.8 Å². The molecule has 3 rings (SSSR count). The summed E-state index contributed by atoms with van der Waals surface area (Å²) in [5.41, 5.74) is 6.78. The smallest absolute Gasteiger partial charge is 0.275 e. The van der Waals surface area contributed by atoms with E-state index in [0.29, 0.717) is 50.6 Å². The standard InChI is InChI=1S/C20H25ClN4O2S/c1-11-7-6-10-16(12(11)2)22-20(28)24-23-19(26)17-13(3)27-25-18(17)14-8-4-5-9-15(14)21/h4-5,8-9,11-12,16H,6-7,10H2,1-3H3,(H,23,26)(H2,22,24,28)/t11-,12-,16+/m0/s1. The van der Waals surface area contributed by atoms with Crippen molar-refractivity contribution in [2.75, 3.05) is 0 Å². The number of aromatic nitrogens is 1. The van der Waals surface area contributed by atoms with Crippen LogP contribution in [0.4, 0.5) is 0 Å². The van der Waals surface area contributed by atoms with Gasteiger partial charge in [-0.05, 0) is 43.5 Å². The predicted octanol–water partition coefficient (Wildman–Crippen LogP) is 4.24. The van der Waals surface area contributed by atoms with E-state index in [4.69, 9.17) is 28.3 Å². The minimum atomic E-state index is -0.386. The van der Waals surface area contributed by atoms with Gasteiger partial charge in [0.2, 0.25) is 0 Å². The lowest BCUT2D eigenvalue weighted by Crippen LogP contribution is -2.52. The topological polar surface area (TPSA) is 79.2 Å². The number of hydrazine groups is 1. The van der Waals surface area contributed by atoms with E-state index in [1.54, 1.807) is 19.1 Å². The molecule has 1 heterocycles. The Labute approximate surface area is 175 Å². The molecule has 1 aromatic heterocycles. The fraction of sp³-hybridized carbons (Fsp3) is 0.450. The Morgan fingerprint density at radius 2 is 2.00 bits per heavy atom. The highest BCUT2D eigenvalue weighted by Crippen LogP contribution is 2.31. The first-order valence-electron chi connectivity index (χ1n) is 9.46. The van der Waals surface area contributed by atoms with Gasteiger partial charge in [0.05, 0.1) is 5.02 Å². The van der Waals surface area contributed by atoms with E-state index < -0.39 is 0 Å². The SMILES string of the molecule is Cc1onc(-c2ccccc2Cl)c1C(=O)NNC(=S)N[C@@H]1CCC[C@H](C)[C@@H]1C. The molecule has 8 heteroatoms. The van der Waals surface area contributed by atoms with Crippen molar-refractivity contribution in [1.29, 1.82) is 0 Å². The Balaban J connectivity index is 1.65. The van der Waals surface area contributed by atoms with Crippen LogP contribution in [0.15, 0.2) is 28.8 Å². The van der Waals surface area contributed by atoms with E-state index in [9.17, 15) is 4.79 Å².